The summed E-state index contributed by atoms with van der Waals surface area (Å²) in [5.74, 6) is -0.895. The van der Waals surface area contributed by atoms with Gasteiger partial charge in [0.25, 0.3) is 17.7 Å². The van der Waals surface area contributed by atoms with Crippen LogP contribution in [0, 0.1) is 0 Å². The van der Waals surface area contributed by atoms with Crippen molar-refractivity contribution in [3.63, 3.8) is 0 Å². The normalized spacial score (nSPS) is 13.2. The molecule has 3 rings (SSSR count). The molecule has 5 heteroatoms. The summed E-state index contributed by atoms with van der Waals surface area (Å²) in [5.41, 5.74) is 3.64. The average Bonchev–Trinajstić information content (AvgIpc) is 2.90. The Bertz CT molecular complexity index is 893. The van der Waals surface area contributed by atoms with E-state index in [0.717, 1.165) is 24.0 Å². The summed E-state index contributed by atoms with van der Waals surface area (Å²) in [6, 6.07) is 10.5. The third-order valence-corrected chi connectivity index (χ3v) is 4.73. The third kappa shape index (κ3) is 2.69. The van der Waals surface area contributed by atoms with Gasteiger partial charge in [-0.3, -0.25) is 14.4 Å². The minimum absolute atomic E-state index is 0.199. The fraction of sp³-hybridized carbons (Fsp3) is 0.286. The molecule has 0 aliphatic carbocycles. The van der Waals surface area contributed by atoms with E-state index in [1.165, 1.54) is 15.9 Å². The van der Waals surface area contributed by atoms with E-state index in [0.29, 0.717) is 16.8 Å². The Morgan fingerprint density at radius 2 is 1.50 bits per heavy atom. The Balaban J connectivity index is 2.12. The van der Waals surface area contributed by atoms with Crippen LogP contribution in [0.4, 0.5) is 5.69 Å². The SMILES string of the molecule is CCc1cccc(CC)c1N1C(=O)c2ccc(C(=O)N(C)C)cc2C1=O. The lowest BCUT2D eigenvalue weighted by atomic mass is 10.0. The molecular formula is C21H22N2O3. The summed E-state index contributed by atoms with van der Waals surface area (Å²) in [7, 11) is 3.31. The Labute approximate surface area is 153 Å². The van der Waals surface area contributed by atoms with Gasteiger partial charge in [-0.15, -0.1) is 0 Å². The van der Waals surface area contributed by atoms with E-state index in [4.69, 9.17) is 0 Å². The van der Waals surface area contributed by atoms with Crippen LogP contribution in [0.5, 0.6) is 0 Å². The van der Waals surface area contributed by atoms with Crippen molar-refractivity contribution in [3.8, 4) is 0 Å². The molecule has 0 aromatic heterocycles. The molecule has 0 N–H and O–H groups in total. The molecule has 3 amide bonds. The van der Waals surface area contributed by atoms with Gasteiger partial charge in [-0.2, -0.15) is 0 Å². The van der Waals surface area contributed by atoms with Gasteiger partial charge in [-0.05, 0) is 42.2 Å². The van der Waals surface area contributed by atoms with Crippen LogP contribution in [0.15, 0.2) is 36.4 Å². The monoisotopic (exact) mass is 350 g/mol. The molecule has 0 fully saturated rings. The van der Waals surface area contributed by atoms with Crippen LogP contribution in [-0.4, -0.2) is 36.7 Å². The van der Waals surface area contributed by atoms with E-state index in [9.17, 15) is 14.4 Å². The Morgan fingerprint density at radius 3 is 2.04 bits per heavy atom. The number of para-hydroxylation sites is 1. The molecule has 0 bridgehead atoms. The first-order valence-corrected chi connectivity index (χ1v) is 8.75. The van der Waals surface area contributed by atoms with Crippen molar-refractivity contribution in [3.05, 3.63) is 64.2 Å². The quantitative estimate of drug-likeness (QED) is 0.795. The first kappa shape index (κ1) is 17.9. The summed E-state index contributed by atoms with van der Waals surface area (Å²) in [5, 5.41) is 0. The summed E-state index contributed by atoms with van der Waals surface area (Å²) in [6.45, 7) is 4.01. The zero-order valence-corrected chi connectivity index (χ0v) is 15.5. The third-order valence-electron chi connectivity index (χ3n) is 4.73. The number of carbonyl (C=O) groups is 3. The number of imide groups is 1. The zero-order valence-electron chi connectivity index (χ0n) is 15.5. The number of hydrogen-bond acceptors (Lipinski definition) is 3. The average molecular weight is 350 g/mol. The minimum atomic E-state index is -0.367. The fourth-order valence-corrected chi connectivity index (χ4v) is 3.34. The van der Waals surface area contributed by atoms with Crippen molar-refractivity contribution in [2.45, 2.75) is 26.7 Å². The molecule has 0 saturated heterocycles. The molecule has 1 aliphatic rings. The number of nitrogens with zero attached hydrogens (tertiary/aromatic N) is 2. The molecule has 5 nitrogen and oxygen atoms in total. The van der Waals surface area contributed by atoms with E-state index in [1.54, 1.807) is 26.2 Å². The van der Waals surface area contributed by atoms with Gasteiger partial charge in [0.15, 0.2) is 0 Å². The van der Waals surface area contributed by atoms with E-state index in [-0.39, 0.29) is 23.3 Å². The lowest BCUT2D eigenvalue weighted by Gasteiger charge is -2.21. The predicted octanol–water partition coefficient (Wildman–Crippen LogP) is 3.31. The van der Waals surface area contributed by atoms with Gasteiger partial charge in [0.1, 0.15) is 0 Å². The molecule has 0 saturated carbocycles. The second-order valence-corrected chi connectivity index (χ2v) is 6.54. The number of rotatable bonds is 4. The maximum absolute atomic E-state index is 13.1. The summed E-state index contributed by atoms with van der Waals surface area (Å²) >= 11 is 0. The minimum Gasteiger partial charge on any atom is -0.345 e. The Morgan fingerprint density at radius 1 is 0.923 bits per heavy atom. The number of aryl methyl sites for hydroxylation is 2. The summed E-state index contributed by atoms with van der Waals surface area (Å²) < 4.78 is 0. The molecule has 0 radical (unpaired) electrons. The first-order chi connectivity index (χ1) is 12.4. The largest absolute Gasteiger partial charge is 0.345 e. The van der Waals surface area contributed by atoms with E-state index in [1.807, 2.05) is 32.0 Å². The molecule has 0 unspecified atom stereocenters. The number of carbonyl (C=O) groups excluding carboxylic acids is 3. The van der Waals surface area contributed by atoms with Gasteiger partial charge in [-0.25, -0.2) is 4.90 Å². The van der Waals surface area contributed by atoms with Crippen molar-refractivity contribution >= 4 is 23.4 Å². The second-order valence-electron chi connectivity index (χ2n) is 6.54. The number of amides is 3. The van der Waals surface area contributed by atoms with E-state index < -0.39 is 0 Å². The number of fused-ring (bicyclic) bond motifs is 1. The van der Waals surface area contributed by atoms with Crippen LogP contribution in [0.2, 0.25) is 0 Å². The lowest BCUT2D eigenvalue weighted by molar-refractivity contribution is 0.0827. The summed E-state index contributed by atoms with van der Waals surface area (Å²) in [6.07, 6.45) is 1.45. The Hall–Kier alpha value is -2.95. The number of anilines is 1. The van der Waals surface area contributed by atoms with Crippen molar-refractivity contribution < 1.29 is 14.4 Å². The van der Waals surface area contributed by atoms with Crippen molar-refractivity contribution in [2.24, 2.45) is 0 Å². The van der Waals surface area contributed by atoms with E-state index >= 15 is 0 Å². The molecule has 0 spiro atoms. The number of benzene rings is 2. The first-order valence-electron chi connectivity index (χ1n) is 8.75. The van der Waals surface area contributed by atoms with Gasteiger partial charge in [0, 0.05) is 19.7 Å². The summed E-state index contributed by atoms with van der Waals surface area (Å²) in [4.78, 5) is 41.0. The highest BCUT2D eigenvalue weighted by molar-refractivity contribution is 6.35. The second kappa shape index (κ2) is 6.75. The highest BCUT2D eigenvalue weighted by Gasteiger charge is 2.38. The fourth-order valence-electron chi connectivity index (χ4n) is 3.34. The van der Waals surface area contributed by atoms with Crippen LogP contribution < -0.4 is 4.90 Å². The van der Waals surface area contributed by atoms with Crippen LogP contribution in [0.3, 0.4) is 0 Å². The molecule has 0 atom stereocenters. The topological polar surface area (TPSA) is 57.7 Å². The van der Waals surface area contributed by atoms with Crippen LogP contribution in [-0.2, 0) is 12.8 Å². The van der Waals surface area contributed by atoms with Crippen LogP contribution in [0.1, 0.15) is 56.0 Å². The van der Waals surface area contributed by atoms with E-state index in [2.05, 4.69) is 0 Å². The van der Waals surface area contributed by atoms with Gasteiger partial charge in [0.2, 0.25) is 0 Å². The smallest absolute Gasteiger partial charge is 0.266 e. The van der Waals surface area contributed by atoms with Crippen molar-refractivity contribution in [1.29, 1.82) is 0 Å². The zero-order chi connectivity index (χ0) is 19.0. The van der Waals surface area contributed by atoms with Gasteiger partial charge in [-0.1, -0.05) is 32.0 Å². The molecule has 1 aliphatic heterocycles. The molecule has 2 aromatic carbocycles. The molecule has 26 heavy (non-hydrogen) atoms. The molecule has 134 valence electrons. The maximum Gasteiger partial charge on any atom is 0.266 e. The van der Waals surface area contributed by atoms with Crippen molar-refractivity contribution in [2.75, 3.05) is 19.0 Å². The van der Waals surface area contributed by atoms with Gasteiger partial charge >= 0.3 is 0 Å². The molecular weight excluding hydrogens is 328 g/mol. The van der Waals surface area contributed by atoms with Gasteiger partial charge in [0.05, 0.1) is 16.8 Å². The molecule has 1 heterocycles. The lowest BCUT2D eigenvalue weighted by Crippen LogP contribution is -2.31. The highest BCUT2D eigenvalue weighted by Crippen LogP contribution is 2.34. The van der Waals surface area contributed by atoms with Crippen LogP contribution >= 0.6 is 0 Å². The standard InChI is InChI=1S/C21H22N2O3/c1-5-13-8-7-9-14(6-2)18(13)23-20(25)16-11-10-15(19(24)22(3)4)12-17(16)21(23)26/h7-12H,5-6H2,1-4H3. The van der Waals surface area contributed by atoms with Crippen molar-refractivity contribution in [1.82, 2.24) is 4.90 Å². The molecule has 2 aromatic rings. The van der Waals surface area contributed by atoms with Crippen LogP contribution in [0.25, 0.3) is 0 Å². The number of hydrogen-bond donors (Lipinski definition) is 0. The Kier molecular flexibility index (Phi) is 4.64. The highest BCUT2D eigenvalue weighted by atomic mass is 16.2. The predicted molar refractivity (Wildman–Crippen MR) is 101 cm³/mol. The maximum atomic E-state index is 13.1. The van der Waals surface area contributed by atoms with Gasteiger partial charge < -0.3 is 4.90 Å².